The summed E-state index contributed by atoms with van der Waals surface area (Å²) in [4.78, 5) is 4.31. The van der Waals surface area contributed by atoms with Crippen LogP contribution in [0.15, 0.2) is 17.5 Å². The summed E-state index contributed by atoms with van der Waals surface area (Å²) in [5.41, 5.74) is 0.468. The minimum Gasteiger partial charge on any atom is -0.311 e. The molecule has 1 spiro atoms. The summed E-state index contributed by atoms with van der Waals surface area (Å²) in [6, 6.07) is 5.16. The van der Waals surface area contributed by atoms with Crippen molar-refractivity contribution in [2.45, 2.75) is 57.2 Å². The molecule has 1 atom stereocenters. The van der Waals surface area contributed by atoms with Crippen LogP contribution in [0.4, 0.5) is 0 Å². The number of nitrogens with zero attached hydrogens (tertiary/aromatic N) is 1. The van der Waals surface area contributed by atoms with Crippen molar-refractivity contribution in [2.24, 2.45) is 0 Å². The van der Waals surface area contributed by atoms with Crippen LogP contribution in [0.25, 0.3) is 0 Å². The lowest BCUT2D eigenvalue weighted by atomic mass is 9.90. The molecule has 1 aliphatic carbocycles. The predicted molar refractivity (Wildman–Crippen MR) is 78.0 cm³/mol. The molecule has 1 aliphatic heterocycles. The predicted octanol–water partition coefficient (Wildman–Crippen LogP) is 3.24. The third kappa shape index (κ3) is 2.36. The fraction of sp³-hybridized carbons (Fsp3) is 0.733. The molecule has 1 unspecified atom stereocenters. The van der Waals surface area contributed by atoms with Crippen LogP contribution in [0, 0.1) is 0 Å². The van der Waals surface area contributed by atoms with Gasteiger partial charge >= 0.3 is 0 Å². The van der Waals surface area contributed by atoms with E-state index in [9.17, 15) is 0 Å². The molecule has 2 heterocycles. The molecule has 2 nitrogen and oxygen atoms in total. The van der Waals surface area contributed by atoms with Crippen molar-refractivity contribution >= 4 is 11.3 Å². The Bertz CT molecular complexity index is 368. The molecule has 1 N–H and O–H groups in total. The van der Waals surface area contributed by atoms with Gasteiger partial charge in [-0.1, -0.05) is 25.8 Å². The van der Waals surface area contributed by atoms with Crippen molar-refractivity contribution in [2.75, 3.05) is 13.1 Å². The van der Waals surface area contributed by atoms with Crippen LogP contribution in [-0.4, -0.2) is 29.6 Å². The molecule has 0 bridgehead atoms. The van der Waals surface area contributed by atoms with Crippen LogP contribution >= 0.6 is 11.3 Å². The van der Waals surface area contributed by atoms with Gasteiger partial charge in [-0.3, -0.25) is 4.90 Å². The highest BCUT2D eigenvalue weighted by atomic mass is 32.1. The molecule has 1 saturated carbocycles. The number of rotatable bonds is 3. The molecule has 1 aromatic heterocycles. The van der Waals surface area contributed by atoms with E-state index in [0.29, 0.717) is 11.6 Å². The first-order chi connectivity index (χ1) is 8.82. The zero-order chi connectivity index (χ0) is 12.4. The molecule has 2 fully saturated rings. The first kappa shape index (κ1) is 12.6. The standard InChI is InChI=1S/C15H24N2S/c1-2-13-10-17(11-14-6-5-9-18-14)15(12-16-13)7-3-4-8-15/h5-6,9,13,16H,2-4,7-8,10-12H2,1H3. The molecule has 0 radical (unpaired) electrons. The number of nitrogens with one attached hydrogen (secondary N) is 1. The molecular formula is C15H24N2S. The van der Waals surface area contributed by atoms with Gasteiger partial charge in [-0.2, -0.15) is 0 Å². The Morgan fingerprint density at radius 3 is 2.94 bits per heavy atom. The molecular weight excluding hydrogens is 240 g/mol. The van der Waals surface area contributed by atoms with Crippen LogP contribution in [0.5, 0.6) is 0 Å². The Labute approximate surface area is 114 Å². The van der Waals surface area contributed by atoms with Gasteiger partial charge in [-0.25, -0.2) is 0 Å². The van der Waals surface area contributed by atoms with Crippen LogP contribution < -0.4 is 5.32 Å². The lowest BCUT2D eigenvalue weighted by Crippen LogP contribution is -2.62. The maximum atomic E-state index is 3.77. The molecule has 1 aromatic rings. The molecule has 0 aromatic carbocycles. The second-order valence-electron chi connectivity index (χ2n) is 5.88. The van der Waals surface area contributed by atoms with E-state index in [1.165, 1.54) is 50.1 Å². The van der Waals surface area contributed by atoms with Crippen molar-refractivity contribution in [3.05, 3.63) is 22.4 Å². The molecule has 3 rings (SSSR count). The highest BCUT2D eigenvalue weighted by Crippen LogP contribution is 2.38. The lowest BCUT2D eigenvalue weighted by molar-refractivity contribution is 0.0358. The number of thiophene rings is 1. The van der Waals surface area contributed by atoms with E-state index in [0.717, 1.165) is 6.54 Å². The van der Waals surface area contributed by atoms with Crippen LogP contribution in [0.3, 0.4) is 0 Å². The van der Waals surface area contributed by atoms with Gasteiger partial charge in [0.2, 0.25) is 0 Å². The van der Waals surface area contributed by atoms with E-state index in [-0.39, 0.29) is 0 Å². The van der Waals surface area contributed by atoms with Gasteiger partial charge in [0.25, 0.3) is 0 Å². The van der Waals surface area contributed by atoms with Gasteiger partial charge in [0.15, 0.2) is 0 Å². The molecule has 18 heavy (non-hydrogen) atoms. The van der Waals surface area contributed by atoms with Crippen molar-refractivity contribution in [1.29, 1.82) is 0 Å². The van der Waals surface area contributed by atoms with Crippen molar-refractivity contribution in [1.82, 2.24) is 10.2 Å². The quantitative estimate of drug-likeness (QED) is 0.901. The maximum Gasteiger partial charge on any atom is 0.0338 e. The second-order valence-corrected chi connectivity index (χ2v) is 6.91. The van der Waals surface area contributed by atoms with Gasteiger partial charge in [-0.05, 0) is 30.7 Å². The molecule has 3 heteroatoms. The fourth-order valence-electron chi connectivity index (χ4n) is 3.59. The van der Waals surface area contributed by atoms with Gasteiger partial charge < -0.3 is 5.32 Å². The number of hydrogen-bond acceptors (Lipinski definition) is 3. The summed E-state index contributed by atoms with van der Waals surface area (Å²) >= 11 is 1.91. The summed E-state index contributed by atoms with van der Waals surface area (Å²) in [6.45, 7) is 5.90. The highest BCUT2D eigenvalue weighted by molar-refractivity contribution is 7.09. The Hall–Kier alpha value is -0.380. The average Bonchev–Trinajstić information content (AvgIpc) is 3.04. The highest BCUT2D eigenvalue weighted by Gasteiger charge is 2.42. The van der Waals surface area contributed by atoms with Gasteiger partial charge in [-0.15, -0.1) is 11.3 Å². The number of hydrogen-bond donors (Lipinski definition) is 1. The summed E-state index contributed by atoms with van der Waals surface area (Å²) in [7, 11) is 0. The normalized spacial score (nSPS) is 27.9. The minimum atomic E-state index is 0.468. The van der Waals surface area contributed by atoms with Gasteiger partial charge in [0.1, 0.15) is 0 Å². The van der Waals surface area contributed by atoms with Crippen molar-refractivity contribution in [3.8, 4) is 0 Å². The molecule has 100 valence electrons. The molecule has 2 aliphatic rings. The first-order valence-electron chi connectivity index (χ1n) is 7.33. The van der Waals surface area contributed by atoms with Crippen molar-refractivity contribution in [3.63, 3.8) is 0 Å². The second kappa shape index (κ2) is 5.32. The van der Waals surface area contributed by atoms with E-state index >= 15 is 0 Å². The SMILES string of the molecule is CCC1CN(Cc2cccs2)C2(CCCC2)CN1. The third-order valence-electron chi connectivity index (χ3n) is 4.79. The lowest BCUT2D eigenvalue weighted by Gasteiger charge is -2.48. The third-order valence-corrected chi connectivity index (χ3v) is 5.65. The molecule has 0 amide bonds. The molecule has 1 saturated heterocycles. The van der Waals surface area contributed by atoms with E-state index < -0.39 is 0 Å². The topological polar surface area (TPSA) is 15.3 Å². The van der Waals surface area contributed by atoms with E-state index in [2.05, 4.69) is 34.7 Å². The summed E-state index contributed by atoms with van der Waals surface area (Å²) in [6.07, 6.45) is 6.86. The zero-order valence-corrected chi connectivity index (χ0v) is 12.1. The summed E-state index contributed by atoms with van der Waals surface area (Å²) < 4.78 is 0. The fourth-order valence-corrected chi connectivity index (χ4v) is 4.31. The van der Waals surface area contributed by atoms with Crippen LogP contribution in [0.1, 0.15) is 43.9 Å². The largest absolute Gasteiger partial charge is 0.311 e. The monoisotopic (exact) mass is 264 g/mol. The van der Waals surface area contributed by atoms with Crippen molar-refractivity contribution < 1.29 is 0 Å². The van der Waals surface area contributed by atoms with E-state index in [1.54, 1.807) is 0 Å². The maximum absolute atomic E-state index is 3.77. The zero-order valence-electron chi connectivity index (χ0n) is 11.3. The smallest absolute Gasteiger partial charge is 0.0338 e. The average molecular weight is 264 g/mol. The Balaban J connectivity index is 1.76. The van der Waals surface area contributed by atoms with E-state index in [4.69, 9.17) is 0 Å². The van der Waals surface area contributed by atoms with Gasteiger partial charge in [0.05, 0.1) is 0 Å². The number of piperazine rings is 1. The van der Waals surface area contributed by atoms with Crippen LogP contribution in [-0.2, 0) is 6.54 Å². The Kier molecular flexibility index (Phi) is 3.73. The minimum absolute atomic E-state index is 0.468. The summed E-state index contributed by atoms with van der Waals surface area (Å²) in [5.74, 6) is 0. The Morgan fingerprint density at radius 2 is 2.28 bits per heavy atom. The Morgan fingerprint density at radius 1 is 1.44 bits per heavy atom. The van der Waals surface area contributed by atoms with Crippen LogP contribution in [0.2, 0.25) is 0 Å². The van der Waals surface area contributed by atoms with Gasteiger partial charge in [0, 0.05) is 36.1 Å². The summed E-state index contributed by atoms with van der Waals surface area (Å²) in [5, 5.41) is 5.98. The van der Waals surface area contributed by atoms with E-state index in [1.807, 2.05) is 11.3 Å². The first-order valence-corrected chi connectivity index (χ1v) is 8.21.